The second-order valence-corrected chi connectivity index (χ2v) is 4.55. The number of carbonyl (C=O) groups excluding carboxylic acids is 1. The van der Waals surface area contributed by atoms with Gasteiger partial charge in [0.25, 0.3) is 5.91 Å². The van der Waals surface area contributed by atoms with Gasteiger partial charge in [-0.2, -0.15) is 0 Å². The fraction of sp³-hybridized carbons (Fsp3) is 0.385. The normalized spacial score (nSPS) is 10.4. The number of aromatic nitrogens is 4. The average Bonchev–Trinajstić information content (AvgIpc) is 3.00. The molecule has 112 valence electrons. The van der Waals surface area contributed by atoms with Crippen molar-refractivity contribution in [1.29, 1.82) is 0 Å². The fourth-order valence-corrected chi connectivity index (χ4v) is 1.91. The van der Waals surface area contributed by atoms with Crippen molar-refractivity contribution in [3.63, 3.8) is 0 Å². The molecule has 1 amide bonds. The Morgan fingerprint density at radius 2 is 2.29 bits per heavy atom. The fourth-order valence-electron chi connectivity index (χ4n) is 1.91. The third kappa shape index (κ3) is 4.25. The van der Waals surface area contributed by atoms with Crippen molar-refractivity contribution in [2.24, 2.45) is 5.84 Å². The molecule has 2 rings (SSSR count). The molecule has 2 aromatic heterocycles. The number of nitrogen functional groups attached to an aromatic ring is 1. The van der Waals surface area contributed by atoms with Gasteiger partial charge in [0, 0.05) is 24.0 Å². The van der Waals surface area contributed by atoms with Crippen molar-refractivity contribution in [2.75, 3.05) is 12.0 Å². The molecule has 21 heavy (non-hydrogen) atoms. The minimum atomic E-state index is -0.161. The molecule has 0 unspecified atom stereocenters. The zero-order chi connectivity index (χ0) is 15.1. The zero-order valence-corrected chi connectivity index (χ0v) is 11.9. The predicted octanol–water partition coefficient (Wildman–Crippen LogP) is 0.341. The van der Waals surface area contributed by atoms with Gasteiger partial charge in [-0.25, -0.2) is 10.8 Å². The third-order valence-corrected chi connectivity index (χ3v) is 2.89. The highest BCUT2D eigenvalue weighted by molar-refractivity contribution is 5.94. The number of rotatable bonds is 7. The van der Waals surface area contributed by atoms with E-state index in [1.165, 1.54) is 0 Å². The Morgan fingerprint density at radius 1 is 1.43 bits per heavy atom. The maximum absolute atomic E-state index is 12.1. The van der Waals surface area contributed by atoms with Gasteiger partial charge in [-0.1, -0.05) is 18.6 Å². The highest BCUT2D eigenvalue weighted by Crippen LogP contribution is 2.11. The van der Waals surface area contributed by atoms with Crippen LogP contribution in [0, 0.1) is 0 Å². The van der Waals surface area contributed by atoms with Crippen LogP contribution in [0.1, 0.15) is 29.4 Å². The molecule has 0 aliphatic heterocycles. The monoisotopic (exact) mass is 289 g/mol. The summed E-state index contributed by atoms with van der Waals surface area (Å²) in [5.74, 6) is 5.71. The van der Waals surface area contributed by atoms with Crippen LogP contribution in [-0.4, -0.2) is 32.4 Å². The van der Waals surface area contributed by atoms with Crippen LogP contribution < -0.4 is 16.6 Å². The molecular weight excluding hydrogens is 270 g/mol. The number of nitrogens with zero attached hydrogens (tertiary/aromatic N) is 4. The van der Waals surface area contributed by atoms with Gasteiger partial charge in [-0.15, -0.1) is 5.10 Å². The molecule has 0 radical (unpaired) electrons. The topological polar surface area (TPSA) is 111 Å². The molecule has 2 aromatic rings. The van der Waals surface area contributed by atoms with Crippen molar-refractivity contribution in [2.45, 2.75) is 26.3 Å². The molecule has 0 saturated heterocycles. The lowest BCUT2D eigenvalue weighted by molar-refractivity contribution is 0.0951. The summed E-state index contributed by atoms with van der Waals surface area (Å²) in [5, 5.41) is 10.4. The predicted molar refractivity (Wildman–Crippen MR) is 78.4 cm³/mol. The summed E-state index contributed by atoms with van der Waals surface area (Å²) < 4.78 is 1.65. The Balaban J connectivity index is 1.98. The number of anilines is 1. The molecule has 8 heteroatoms. The van der Waals surface area contributed by atoms with E-state index in [4.69, 9.17) is 5.84 Å². The Kier molecular flexibility index (Phi) is 5.22. The summed E-state index contributed by atoms with van der Waals surface area (Å²) in [4.78, 5) is 16.5. The van der Waals surface area contributed by atoms with Gasteiger partial charge in [-0.3, -0.25) is 9.48 Å². The largest absolute Gasteiger partial charge is 0.350 e. The minimum absolute atomic E-state index is 0.161. The maximum atomic E-state index is 12.1. The quantitative estimate of drug-likeness (QED) is 0.501. The standard InChI is InChI=1S/C13H19N7O/c1-2-3-11-8-10(9-12(17-11)18-14)13(21)15-4-6-20-7-5-16-19-20/h5,7-9H,2-4,6,14H2,1H3,(H,15,21)(H,17,18). The van der Waals surface area contributed by atoms with Gasteiger partial charge in [0.1, 0.15) is 5.82 Å². The summed E-state index contributed by atoms with van der Waals surface area (Å²) in [6.07, 6.45) is 5.10. The molecule has 2 heterocycles. The van der Waals surface area contributed by atoms with Crippen LogP contribution in [0.2, 0.25) is 0 Å². The van der Waals surface area contributed by atoms with Gasteiger partial charge < -0.3 is 10.7 Å². The van der Waals surface area contributed by atoms with Crippen LogP contribution >= 0.6 is 0 Å². The molecule has 4 N–H and O–H groups in total. The van der Waals surface area contributed by atoms with Crippen LogP contribution in [0.5, 0.6) is 0 Å². The van der Waals surface area contributed by atoms with Crippen LogP contribution in [0.25, 0.3) is 0 Å². The van der Waals surface area contributed by atoms with Gasteiger partial charge >= 0.3 is 0 Å². The van der Waals surface area contributed by atoms with Crippen molar-refractivity contribution in [3.8, 4) is 0 Å². The summed E-state index contributed by atoms with van der Waals surface area (Å²) in [6.45, 7) is 3.10. The molecule has 0 aliphatic rings. The molecule has 0 saturated carbocycles. The Bertz CT molecular complexity index is 582. The van der Waals surface area contributed by atoms with Crippen LogP contribution in [0.4, 0.5) is 5.82 Å². The van der Waals surface area contributed by atoms with E-state index in [1.54, 1.807) is 29.2 Å². The molecule has 0 bridgehead atoms. The van der Waals surface area contributed by atoms with Crippen LogP contribution in [0.15, 0.2) is 24.5 Å². The van der Waals surface area contributed by atoms with Crippen LogP contribution in [0.3, 0.4) is 0 Å². The first-order valence-corrected chi connectivity index (χ1v) is 6.82. The number of amides is 1. The average molecular weight is 289 g/mol. The lowest BCUT2D eigenvalue weighted by atomic mass is 10.1. The van der Waals surface area contributed by atoms with Gasteiger partial charge in [0.05, 0.1) is 12.7 Å². The summed E-state index contributed by atoms with van der Waals surface area (Å²) in [5.41, 5.74) is 3.87. The minimum Gasteiger partial charge on any atom is -0.350 e. The van der Waals surface area contributed by atoms with E-state index >= 15 is 0 Å². The van der Waals surface area contributed by atoms with Gasteiger partial charge in [0.2, 0.25) is 0 Å². The lowest BCUT2D eigenvalue weighted by Gasteiger charge is -2.09. The summed E-state index contributed by atoms with van der Waals surface area (Å²) in [7, 11) is 0. The van der Waals surface area contributed by atoms with E-state index in [1.807, 2.05) is 0 Å². The van der Waals surface area contributed by atoms with E-state index in [2.05, 4.69) is 33.0 Å². The van der Waals surface area contributed by atoms with Crippen molar-refractivity contribution < 1.29 is 4.79 Å². The Hall–Kier alpha value is -2.48. The number of aryl methyl sites for hydroxylation is 1. The first-order chi connectivity index (χ1) is 10.2. The number of pyridine rings is 1. The number of hydrogen-bond acceptors (Lipinski definition) is 6. The zero-order valence-electron chi connectivity index (χ0n) is 11.9. The number of hydrazine groups is 1. The van der Waals surface area contributed by atoms with Crippen molar-refractivity contribution in [3.05, 3.63) is 35.8 Å². The second-order valence-electron chi connectivity index (χ2n) is 4.55. The molecule has 0 aromatic carbocycles. The van der Waals surface area contributed by atoms with Crippen molar-refractivity contribution >= 4 is 11.7 Å². The van der Waals surface area contributed by atoms with E-state index in [0.29, 0.717) is 24.5 Å². The van der Waals surface area contributed by atoms with E-state index in [-0.39, 0.29) is 5.91 Å². The van der Waals surface area contributed by atoms with E-state index in [9.17, 15) is 4.79 Å². The molecule has 0 spiro atoms. The van der Waals surface area contributed by atoms with Crippen molar-refractivity contribution in [1.82, 2.24) is 25.3 Å². The highest BCUT2D eigenvalue weighted by Gasteiger charge is 2.09. The Morgan fingerprint density at radius 3 is 2.95 bits per heavy atom. The summed E-state index contributed by atoms with van der Waals surface area (Å²) in [6, 6.07) is 3.42. The number of nitrogens with two attached hydrogens (primary N) is 1. The number of hydrogen-bond donors (Lipinski definition) is 3. The lowest BCUT2D eigenvalue weighted by Crippen LogP contribution is -2.28. The van der Waals surface area contributed by atoms with E-state index in [0.717, 1.165) is 18.5 Å². The van der Waals surface area contributed by atoms with Gasteiger partial charge in [-0.05, 0) is 18.6 Å². The number of carbonyl (C=O) groups is 1. The third-order valence-electron chi connectivity index (χ3n) is 2.89. The smallest absolute Gasteiger partial charge is 0.251 e. The van der Waals surface area contributed by atoms with Gasteiger partial charge in [0.15, 0.2) is 0 Å². The second kappa shape index (κ2) is 7.34. The van der Waals surface area contributed by atoms with E-state index < -0.39 is 0 Å². The molecular formula is C13H19N7O. The molecule has 8 nitrogen and oxygen atoms in total. The Labute approximate surface area is 122 Å². The first kappa shape index (κ1) is 14.9. The summed E-state index contributed by atoms with van der Waals surface area (Å²) >= 11 is 0. The first-order valence-electron chi connectivity index (χ1n) is 6.82. The molecule has 0 fully saturated rings. The number of nitrogens with one attached hydrogen (secondary N) is 2. The SMILES string of the molecule is CCCc1cc(C(=O)NCCn2ccnn2)cc(NN)n1. The maximum Gasteiger partial charge on any atom is 0.251 e. The molecule has 0 aliphatic carbocycles. The van der Waals surface area contributed by atoms with Crippen LogP contribution in [-0.2, 0) is 13.0 Å². The highest BCUT2D eigenvalue weighted by atomic mass is 16.1. The molecule has 0 atom stereocenters.